The number of imide groups is 2. The average Bonchev–Trinajstić information content (AvgIpc) is 3.77. The van der Waals surface area contributed by atoms with Gasteiger partial charge in [-0.1, -0.05) is 13.2 Å². The van der Waals surface area contributed by atoms with E-state index >= 15 is 0 Å². The van der Waals surface area contributed by atoms with E-state index in [0.29, 0.717) is 98.1 Å². The van der Waals surface area contributed by atoms with Gasteiger partial charge in [-0.05, 0) is 187 Å². The van der Waals surface area contributed by atoms with Crippen LogP contribution in [-0.2, 0) is 38.2 Å². The molecule has 4 amide bonds. The molecule has 2 saturated heterocycles. The van der Waals surface area contributed by atoms with Crippen LogP contribution in [0, 0.1) is 23.7 Å². The van der Waals surface area contributed by atoms with Crippen LogP contribution >= 0.6 is 23.5 Å². The molecule has 0 spiro atoms. The molecule has 6 rings (SSSR count). The topological polar surface area (TPSA) is 198 Å². The van der Waals surface area contributed by atoms with Crippen molar-refractivity contribution in [3.05, 3.63) is 82.6 Å². The molecular formula is C54H64N2O14S2. The van der Waals surface area contributed by atoms with Crippen molar-refractivity contribution < 1.29 is 66.8 Å². The summed E-state index contributed by atoms with van der Waals surface area (Å²) in [5, 5.41) is -0.766. The number of unbranched alkanes of at least 4 members (excludes halogenated alkanes) is 6. The summed E-state index contributed by atoms with van der Waals surface area (Å²) in [6.07, 6.45) is 17.9. The second-order valence-electron chi connectivity index (χ2n) is 18.2. The van der Waals surface area contributed by atoms with Crippen LogP contribution in [0.2, 0.25) is 0 Å². The summed E-state index contributed by atoms with van der Waals surface area (Å²) in [7, 11) is 2.85. The van der Waals surface area contributed by atoms with Crippen molar-refractivity contribution in [2.75, 3.05) is 40.5 Å². The number of rotatable bonds is 25. The quantitative estimate of drug-likeness (QED) is 0.0393. The van der Waals surface area contributed by atoms with Gasteiger partial charge >= 0.3 is 23.9 Å². The van der Waals surface area contributed by atoms with Crippen molar-refractivity contribution in [3.63, 3.8) is 0 Å². The monoisotopic (exact) mass is 1030 g/mol. The standard InChI is InChI=1S/C54H64N2O14S2/c1-5-47(57)67-29-13-9-7-11-27-65-43-25-23-41(31-39(43)33-45-49(59)55(3)53(63)71-45)69-51(61)37-19-15-35(16-20-37)36-17-21-38(22-18-36)52(62)70-42-24-26-44(66-28-12-8-10-14-30-68-48(58)6-2)40(32-42)34-46-50(60)56(4)54(64)72-46/h5-6,23-26,31-38H,1-2,7-22,27-30H2,3-4H3/b45-33-,46-34-. The van der Waals surface area contributed by atoms with Crippen LogP contribution in [0.25, 0.3) is 12.2 Å². The van der Waals surface area contributed by atoms with Crippen LogP contribution in [0.5, 0.6) is 23.0 Å². The van der Waals surface area contributed by atoms with Crippen LogP contribution in [0.3, 0.4) is 0 Å². The van der Waals surface area contributed by atoms with Gasteiger partial charge < -0.3 is 28.4 Å². The average molecular weight is 1030 g/mol. The Morgan fingerprint density at radius 3 is 1.24 bits per heavy atom. The maximum absolute atomic E-state index is 13.5. The molecule has 0 unspecified atom stereocenters. The molecule has 2 aromatic carbocycles. The van der Waals surface area contributed by atoms with Gasteiger partial charge in [0.1, 0.15) is 23.0 Å². The van der Waals surface area contributed by atoms with E-state index < -0.39 is 23.8 Å². The molecule has 2 heterocycles. The Labute approximate surface area is 429 Å². The number of esters is 4. The molecule has 2 aromatic rings. The summed E-state index contributed by atoms with van der Waals surface area (Å²) in [6, 6.07) is 10.0. The molecule has 4 aliphatic rings. The van der Waals surface area contributed by atoms with E-state index in [4.69, 9.17) is 28.4 Å². The van der Waals surface area contributed by atoms with Gasteiger partial charge in [-0.3, -0.25) is 38.6 Å². The number of amides is 4. The molecule has 72 heavy (non-hydrogen) atoms. The van der Waals surface area contributed by atoms with Crippen LogP contribution in [0.15, 0.2) is 71.5 Å². The highest BCUT2D eigenvalue weighted by molar-refractivity contribution is 8.18. The van der Waals surface area contributed by atoms with Gasteiger partial charge in [-0.15, -0.1) is 0 Å². The van der Waals surface area contributed by atoms with Gasteiger partial charge in [0.25, 0.3) is 22.3 Å². The van der Waals surface area contributed by atoms with Crippen molar-refractivity contribution in [2.24, 2.45) is 23.7 Å². The lowest BCUT2D eigenvalue weighted by Gasteiger charge is -2.36. The van der Waals surface area contributed by atoms with Crippen molar-refractivity contribution in [2.45, 2.75) is 103 Å². The minimum atomic E-state index is -0.445. The van der Waals surface area contributed by atoms with E-state index in [0.717, 1.165) is 123 Å². The molecule has 16 nitrogen and oxygen atoms in total. The first kappa shape index (κ1) is 55.2. The fraction of sp³-hybridized carbons (Fsp3) is 0.481. The smallest absolute Gasteiger partial charge is 0.330 e. The third-order valence-corrected chi connectivity index (χ3v) is 15.2. The Kier molecular flexibility index (Phi) is 21.2. The molecule has 18 heteroatoms. The predicted octanol–water partition coefficient (Wildman–Crippen LogP) is 10.5. The van der Waals surface area contributed by atoms with Gasteiger partial charge in [0.15, 0.2) is 0 Å². The minimum Gasteiger partial charge on any atom is -0.493 e. The van der Waals surface area contributed by atoms with Gasteiger partial charge in [0.05, 0.1) is 48.1 Å². The Balaban J connectivity index is 0.969. The summed E-state index contributed by atoms with van der Waals surface area (Å²) >= 11 is 1.66. The largest absolute Gasteiger partial charge is 0.493 e. The molecule has 0 atom stereocenters. The van der Waals surface area contributed by atoms with Crippen molar-refractivity contribution >= 4 is 81.8 Å². The van der Waals surface area contributed by atoms with E-state index in [-0.39, 0.29) is 44.1 Å². The third kappa shape index (κ3) is 15.9. The van der Waals surface area contributed by atoms with E-state index in [1.807, 2.05) is 0 Å². The van der Waals surface area contributed by atoms with Crippen LogP contribution in [0.4, 0.5) is 9.59 Å². The van der Waals surface area contributed by atoms with Gasteiger partial charge in [-0.2, -0.15) is 0 Å². The molecular weight excluding hydrogens is 965 g/mol. The molecule has 386 valence electrons. The fourth-order valence-corrected chi connectivity index (χ4v) is 10.7. The predicted molar refractivity (Wildman–Crippen MR) is 273 cm³/mol. The third-order valence-electron chi connectivity index (χ3n) is 13.2. The number of likely N-dealkylation sites (N-methyl/N-ethyl adjacent to an activating group) is 2. The normalized spacial score (nSPS) is 21.2. The number of nitrogens with zero attached hydrogens (tertiary/aromatic N) is 2. The lowest BCUT2D eigenvalue weighted by Crippen LogP contribution is -2.32. The molecule has 0 bridgehead atoms. The molecule has 2 aliphatic carbocycles. The van der Waals surface area contributed by atoms with Crippen LogP contribution in [-0.4, -0.2) is 96.5 Å². The number of hydrogen-bond donors (Lipinski definition) is 0. The maximum atomic E-state index is 13.5. The van der Waals surface area contributed by atoms with Gasteiger partial charge in [0.2, 0.25) is 0 Å². The molecule has 0 N–H and O–H groups in total. The zero-order valence-electron chi connectivity index (χ0n) is 41.1. The second kappa shape index (κ2) is 27.6. The van der Waals surface area contributed by atoms with E-state index in [1.165, 1.54) is 14.1 Å². The lowest BCUT2D eigenvalue weighted by atomic mass is 9.69. The highest BCUT2D eigenvalue weighted by Crippen LogP contribution is 2.43. The first-order valence-electron chi connectivity index (χ1n) is 24.7. The summed E-state index contributed by atoms with van der Waals surface area (Å²) in [4.78, 5) is 102. The highest BCUT2D eigenvalue weighted by atomic mass is 32.2. The Morgan fingerprint density at radius 2 is 0.903 bits per heavy atom. The zero-order valence-corrected chi connectivity index (χ0v) is 42.7. The maximum Gasteiger partial charge on any atom is 0.330 e. The van der Waals surface area contributed by atoms with Crippen LogP contribution < -0.4 is 18.9 Å². The van der Waals surface area contributed by atoms with Crippen molar-refractivity contribution in [1.82, 2.24) is 9.80 Å². The minimum absolute atomic E-state index is 0.239. The van der Waals surface area contributed by atoms with Gasteiger partial charge in [0, 0.05) is 37.4 Å². The Bertz CT molecular complexity index is 2250. The Morgan fingerprint density at radius 1 is 0.542 bits per heavy atom. The first-order chi connectivity index (χ1) is 34.7. The van der Waals surface area contributed by atoms with E-state index in [1.54, 1.807) is 48.6 Å². The first-order valence-corrected chi connectivity index (χ1v) is 26.4. The number of carbonyl (C=O) groups excluding carboxylic acids is 8. The molecule has 2 saturated carbocycles. The number of carbonyl (C=O) groups is 8. The Hall–Kier alpha value is -6.14. The number of ether oxygens (including phenoxy) is 6. The van der Waals surface area contributed by atoms with Crippen molar-refractivity contribution in [1.29, 1.82) is 0 Å². The number of thioether (sulfide) groups is 2. The van der Waals surface area contributed by atoms with Crippen molar-refractivity contribution in [3.8, 4) is 23.0 Å². The molecule has 4 fully saturated rings. The SMILES string of the molecule is C=CC(=O)OCCCCCCOc1ccc(OC(=O)C2CCC(C3CCC(C(=O)Oc4ccc(OCCCCCCOC(=O)C=C)c(/C=C5\SC(=O)N(C)C5=O)c4)CC3)CC2)cc1/C=C1\SC(=O)N(C)C1=O. The number of benzene rings is 2. The van der Waals surface area contributed by atoms with Crippen LogP contribution in [0.1, 0.15) is 114 Å². The fourth-order valence-electron chi connectivity index (χ4n) is 9.04. The summed E-state index contributed by atoms with van der Waals surface area (Å²) in [5.74, 6) is -0.505. The summed E-state index contributed by atoms with van der Waals surface area (Å²) in [5.41, 5.74) is 1.02. The zero-order chi connectivity index (χ0) is 51.6. The number of hydrogen-bond acceptors (Lipinski definition) is 16. The lowest BCUT2D eigenvalue weighted by molar-refractivity contribution is -0.142. The second-order valence-corrected chi connectivity index (χ2v) is 20.2. The highest BCUT2D eigenvalue weighted by Gasteiger charge is 2.37. The molecule has 2 aliphatic heterocycles. The summed E-state index contributed by atoms with van der Waals surface area (Å²) < 4.78 is 34.1. The molecule has 0 aromatic heterocycles. The molecule has 0 radical (unpaired) electrons. The van der Waals surface area contributed by atoms with E-state index in [9.17, 15) is 38.4 Å². The van der Waals surface area contributed by atoms with E-state index in [2.05, 4.69) is 13.2 Å². The summed E-state index contributed by atoms with van der Waals surface area (Å²) in [6.45, 7) is 8.20. The van der Waals surface area contributed by atoms with Gasteiger partial charge in [-0.25, -0.2) is 9.59 Å².